The summed E-state index contributed by atoms with van der Waals surface area (Å²) in [4.78, 5) is 13.4. The lowest BCUT2D eigenvalue weighted by molar-refractivity contribution is 0.0269. The number of nitrogens with zero attached hydrogens (tertiary/aromatic N) is 1. The molecule has 0 spiro atoms. The van der Waals surface area contributed by atoms with E-state index in [4.69, 9.17) is 4.74 Å². The molecule has 1 rings (SSSR count). The van der Waals surface area contributed by atoms with Crippen LogP contribution in [0, 0.1) is 11.8 Å². The zero-order valence-electron chi connectivity index (χ0n) is 11.6. The highest BCUT2D eigenvalue weighted by molar-refractivity contribution is 5.68. The first-order chi connectivity index (χ1) is 7.69. The van der Waals surface area contributed by atoms with Crippen LogP contribution in [0.3, 0.4) is 0 Å². The fourth-order valence-corrected chi connectivity index (χ4v) is 2.17. The summed E-state index contributed by atoms with van der Waals surface area (Å²) in [6.07, 6.45) is 0.216. The third-order valence-corrected chi connectivity index (χ3v) is 2.83. The molecular weight excluding hydrogens is 218 g/mol. The minimum atomic E-state index is -0.474. The zero-order valence-corrected chi connectivity index (χ0v) is 11.6. The van der Waals surface area contributed by atoms with Gasteiger partial charge in [0.15, 0.2) is 0 Å². The molecule has 0 radical (unpaired) electrons. The Morgan fingerprint density at radius 2 is 2.00 bits per heavy atom. The van der Waals surface area contributed by atoms with Gasteiger partial charge in [0.1, 0.15) is 5.60 Å². The summed E-state index contributed by atoms with van der Waals surface area (Å²) in [6, 6.07) is 0. The Morgan fingerprint density at radius 3 is 2.47 bits per heavy atom. The summed E-state index contributed by atoms with van der Waals surface area (Å²) in [5, 5.41) is 9.91. The van der Waals surface area contributed by atoms with Gasteiger partial charge >= 0.3 is 6.09 Å². The van der Waals surface area contributed by atoms with Crippen molar-refractivity contribution in [1.29, 1.82) is 0 Å². The van der Waals surface area contributed by atoms with Gasteiger partial charge in [-0.15, -0.1) is 0 Å². The number of likely N-dealkylation sites (tertiary alicyclic amines) is 1. The number of carbonyl (C=O) groups excluding carboxylic acids is 1. The Morgan fingerprint density at radius 1 is 1.41 bits per heavy atom. The molecule has 2 atom stereocenters. The quantitative estimate of drug-likeness (QED) is 0.809. The number of β-amino-alcohol motifs (C(OH)–C–C–N with tert-alkyl or cyclic N) is 1. The summed E-state index contributed by atoms with van der Waals surface area (Å²) in [7, 11) is 0. The van der Waals surface area contributed by atoms with Crippen LogP contribution in [0.15, 0.2) is 0 Å². The molecule has 1 heterocycles. The number of amides is 1. The Kier molecular flexibility index (Phi) is 4.42. The van der Waals surface area contributed by atoms with Crippen molar-refractivity contribution >= 4 is 6.09 Å². The highest BCUT2D eigenvalue weighted by atomic mass is 16.6. The smallest absolute Gasteiger partial charge is 0.410 e. The molecule has 1 aliphatic rings. The molecule has 0 aromatic carbocycles. The molecule has 17 heavy (non-hydrogen) atoms. The van der Waals surface area contributed by atoms with Crippen LogP contribution in [0.1, 0.15) is 41.0 Å². The van der Waals surface area contributed by atoms with Crippen LogP contribution in [0.25, 0.3) is 0 Å². The van der Waals surface area contributed by atoms with Crippen molar-refractivity contribution in [3.63, 3.8) is 0 Å². The standard InChI is InChI=1S/C13H25NO3/c1-9(2)6-10-7-14(8-11(10)15)12(16)17-13(3,4)5/h9-11,15H,6-8H2,1-5H3/t10-,11+/m0/s1. The minimum Gasteiger partial charge on any atom is -0.444 e. The largest absolute Gasteiger partial charge is 0.444 e. The van der Waals surface area contributed by atoms with E-state index in [0.29, 0.717) is 19.0 Å². The second-order valence-electron chi connectivity index (χ2n) is 6.34. The van der Waals surface area contributed by atoms with E-state index in [1.807, 2.05) is 20.8 Å². The molecule has 1 fully saturated rings. The Balaban J connectivity index is 2.51. The first kappa shape index (κ1) is 14.3. The second-order valence-corrected chi connectivity index (χ2v) is 6.34. The minimum absolute atomic E-state index is 0.183. The molecule has 0 aromatic rings. The van der Waals surface area contributed by atoms with E-state index in [9.17, 15) is 9.90 Å². The lowest BCUT2D eigenvalue weighted by Crippen LogP contribution is -2.35. The number of rotatable bonds is 2. The summed E-state index contributed by atoms with van der Waals surface area (Å²) < 4.78 is 5.30. The van der Waals surface area contributed by atoms with Crippen molar-refractivity contribution in [2.45, 2.75) is 52.7 Å². The summed E-state index contributed by atoms with van der Waals surface area (Å²) in [5.74, 6) is 0.718. The van der Waals surface area contributed by atoms with Gasteiger partial charge in [0.25, 0.3) is 0 Å². The van der Waals surface area contributed by atoms with Crippen LogP contribution in [0.2, 0.25) is 0 Å². The molecule has 0 bridgehead atoms. The van der Waals surface area contributed by atoms with Crippen LogP contribution in [0.4, 0.5) is 4.79 Å². The second kappa shape index (κ2) is 5.25. The number of hydrogen-bond acceptors (Lipinski definition) is 3. The molecule has 1 N–H and O–H groups in total. The number of aliphatic hydroxyl groups is 1. The molecule has 0 aromatic heterocycles. The molecular formula is C13H25NO3. The third kappa shape index (κ3) is 4.54. The van der Waals surface area contributed by atoms with E-state index in [-0.39, 0.29) is 12.0 Å². The number of aliphatic hydroxyl groups excluding tert-OH is 1. The highest BCUT2D eigenvalue weighted by Gasteiger charge is 2.36. The topological polar surface area (TPSA) is 49.8 Å². The van der Waals surface area contributed by atoms with Gasteiger partial charge in [-0.1, -0.05) is 13.8 Å². The molecule has 100 valence electrons. The predicted molar refractivity (Wildman–Crippen MR) is 66.8 cm³/mol. The van der Waals surface area contributed by atoms with Crippen LogP contribution in [-0.2, 0) is 4.74 Å². The van der Waals surface area contributed by atoms with E-state index in [1.54, 1.807) is 4.90 Å². The number of hydrogen-bond donors (Lipinski definition) is 1. The molecule has 1 amide bonds. The van der Waals surface area contributed by atoms with Gasteiger partial charge in [-0.25, -0.2) is 4.79 Å². The SMILES string of the molecule is CC(C)C[C@H]1CN(C(=O)OC(C)(C)C)C[C@H]1O. The Bertz CT molecular complexity index is 270. The molecule has 0 unspecified atom stereocenters. The average molecular weight is 243 g/mol. The summed E-state index contributed by atoms with van der Waals surface area (Å²) in [5.41, 5.74) is -0.474. The van der Waals surface area contributed by atoms with E-state index in [0.717, 1.165) is 6.42 Å². The van der Waals surface area contributed by atoms with Crippen LogP contribution >= 0.6 is 0 Å². The maximum Gasteiger partial charge on any atom is 0.410 e. The fraction of sp³-hybridized carbons (Fsp3) is 0.923. The molecule has 0 saturated carbocycles. The summed E-state index contributed by atoms with van der Waals surface area (Å²) in [6.45, 7) is 10.8. The van der Waals surface area contributed by atoms with Gasteiger partial charge in [0, 0.05) is 12.5 Å². The summed E-state index contributed by atoms with van der Waals surface area (Å²) >= 11 is 0. The van der Waals surface area contributed by atoms with Gasteiger partial charge in [-0.3, -0.25) is 0 Å². The number of ether oxygens (including phenoxy) is 1. The lowest BCUT2D eigenvalue weighted by Gasteiger charge is -2.24. The van der Waals surface area contributed by atoms with Crippen molar-refractivity contribution in [3.05, 3.63) is 0 Å². The highest BCUT2D eigenvalue weighted by Crippen LogP contribution is 2.25. The fourth-order valence-electron chi connectivity index (χ4n) is 2.17. The van der Waals surface area contributed by atoms with E-state index in [2.05, 4.69) is 13.8 Å². The molecule has 0 aliphatic carbocycles. The van der Waals surface area contributed by atoms with Crippen LogP contribution < -0.4 is 0 Å². The van der Waals surface area contributed by atoms with Gasteiger partial charge in [0.2, 0.25) is 0 Å². The van der Waals surface area contributed by atoms with Gasteiger partial charge in [-0.05, 0) is 33.1 Å². The average Bonchev–Trinajstić information content (AvgIpc) is 2.44. The first-order valence-corrected chi connectivity index (χ1v) is 6.35. The maximum absolute atomic E-state index is 11.8. The zero-order chi connectivity index (χ0) is 13.2. The van der Waals surface area contributed by atoms with Crippen molar-refractivity contribution in [2.24, 2.45) is 11.8 Å². The monoisotopic (exact) mass is 243 g/mol. The van der Waals surface area contributed by atoms with Gasteiger partial charge in [-0.2, -0.15) is 0 Å². The number of carbonyl (C=O) groups is 1. The van der Waals surface area contributed by atoms with Crippen molar-refractivity contribution < 1.29 is 14.6 Å². The van der Waals surface area contributed by atoms with E-state index < -0.39 is 11.7 Å². The van der Waals surface area contributed by atoms with Gasteiger partial charge < -0.3 is 14.7 Å². The molecule has 4 heteroatoms. The Hall–Kier alpha value is -0.770. The van der Waals surface area contributed by atoms with E-state index >= 15 is 0 Å². The third-order valence-electron chi connectivity index (χ3n) is 2.83. The molecule has 1 aliphatic heterocycles. The normalized spacial score (nSPS) is 25.5. The van der Waals surface area contributed by atoms with Crippen LogP contribution in [0.5, 0.6) is 0 Å². The van der Waals surface area contributed by atoms with Gasteiger partial charge in [0.05, 0.1) is 12.6 Å². The van der Waals surface area contributed by atoms with Crippen molar-refractivity contribution in [3.8, 4) is 0 Å². The predicted octanol–water partition coefficient (Wildman–Crippen LogP) is 2.26. The van der Waals surface area contributed by atoms with Crippen LogP contribution in [-0.4, -0.2) is 40.9 Å². The lowest BCUT2D eigenvalue weighted by atomic mass is 9.95. The van der Waals surface area contributed by atoms with Crippen molar-refractivity contribution in [2.75, 3.05) is 13.1 Å². The molecule has 4 nitrogen and oxygen atoms in total. The Labute approximate surface area is 104 Å². The molecule has 1 saturated heterocycles. The maximum atomic E-state index is 11.8. The first-order valence-electron chi connectivity index (χ1n) is 6.35. The van der Waals surface area contributed by atoms with Crippen molar-refractivity contribution in [1.82, 2.24) is 4.90 Å². The van der Waals surface area contributed by atoms with E-state index in [1.165, 1.54) is 0 Å².